The number of hydrogen-bond acceptors (Lipinski definition) is 3. The molecule has 0 radical (unpaired) electrons. The second kappa shape index (κ2) is 5.09. The van der Waals surface area contributed by atoms with Crippen LogP contribution >= 0.6 is 0 Å². The molecule has 0 saturated heterocycles. The molecular weight excluding hydrogens is 274 g/mol. The largest absolute Gasteiger partial charge is 0.309 e. The molecule has 0 fully saturated rings. The zero-order chi connectivity index (χ0) is 15.1. The maximum Gasteiger partial charge on any atom is 0.182 e. The Morgan fingerprint density at radius 3 is 2.73 bits per heavy atom. The van der Waals surface area contributed by atoms with Gasteiger partial charge < -0.3 is 4.57 Å². The molecule has 1 atom stereocenters. The van der Waals surface area contributed by atoms with Crippen LogP contribution in [-0.4, -0.2) is 24.5 Å². The van der Waals surface area contributed by atoms with E-state index in [-0.39, 0.29) is 0 Å². The summed E-state index contributed by atoms with van der Waals surface area (Å²) < 4.78 is 4.14. The fourth-order valence-electron chi connectivity index (χ4n) is 3.35. The maximum absolute atomic E-state index is 4.41. The zero-order valence-corrected chi connectivity index (χ0v) is 12.9. The Morgan fingerprint density at radius 2 is 2.00 bits per heavy atom. The van der Waals surface area contributed by atoms with E-state index in [9.17, 15) is 0 Å². The van der Waals surface area contributed by atoms with Crippen molar-refractivity contribution in [2.75, 3.05) is 0 Å². The first-order valence-corrected chi connectivity index (χ1v) is 7.67. The Morgan fingerprint density at radius 1 is 1.18 bits per heavy atom. The molecular formula is C17H19N5. The summed E-state index contributed by atoms with van der Waals surface area (Å²) in [7, 11) is 1.96. The Hall–Kier alpha value is -2.43. The van der Waals surface area contributed by atoms with Gasteiger partial charge in [0.15, 0.2) is 5.82 Å². The van der Waals surface area contributed by atoms with Gasteiger partial charge in [-0.15, -0.1) is 10.2 Å². The van der Waals surface area contributed by atoms with Crippen LogP contribution in [0.4, 0.5) is 0 Å². The number of aryl methyl sites for hydroxylation is 2. The third kappa shape index (κ3) is 2.22. The van der Waals surface area contributed by atoms with Crippen molar-refractivity contribution in [2.45, 2.75) is 26.3 Å². The lowest BCUT2D eigenvalue weighted by atomic mass is 9.98. The Kier molecular flexibility index (Phi) is 3.06. The van der Waals surface area contributed by atoms with Crippen LogP contribution in [0.1, 0.15) is 17.1 Å². The molecule has 5 nitrogen and oxygen atoms in total. The Labute approximate surface area is 129 Å². The highest BCUT2D eigenvalue weighted by molar-refractivity contribution is 5.51. The van der Waals surface area contributed by atoms with Gasteiger partial charge in [-0.2, -0.15) is 5.10 Å². The van der Waals surface area contributed by atoms with Crippen molar-refractivity contribution < 1.29 is 0 Å². The van der Waals surface area contributed by atoms with E-state index in [1.54, 1.807) is 0 Å². The lowest BCUT2D eigenvalue weighted by Crippen LogP contribution is -2.08. The van der Waals surface area contributed by atoms with Crippen LogP contribution in [0.25, 0.3) is 11.5 Å². The van der Waals surface area contributed by atoms with E-state index in [4.69, 9.17) is 0 Å². The molecule has 2 aromatic heterocycles. The van der Waals surface area contributed by atoms with Gasteiger partial charge in [-0.05, 0) is 30.9 Å². The first-order valence-electron chi connectivity index (χ1n) is 7.67. The lowest BCUT2D eigenvalue weighted by Gasteiger charge is -2.09. The normalized spacial score (nSPS) is 16.9. The van der Waals surface area contributed by atoms with Crippen molar-refractivity contribution in [2.24, 2.45) is 13.0 Å². The summed E-state index contributed by atoms with van der Waals surface area (Å²) in [6.07, 6.45) is 2.09. The van der Waals surface area contributed by atoms with E-state index in [2.05, 4.69) is 56.3 Å². The molecule has 22 heavy (non-hydrogen) atoms. The van der Waals surface area contributed by atoms with Crippen LogP contribution < -0.4 is 0 Å². The molecule has 1 aromatic carbocycles. The summed E-state index contributed by atoms with van der Waals surface area (Å²) in [6, 6.07) is 12.7. The van der Waals surface area contributed by atoms with E-state index >= 15 is 0 Å². The molecule has 0 bridgehead atoms. The minimum absolute atomic E-state index is 0.598. The Balaban J connectivity index is 1.59. The highest BCUT2D eigenvalue weighted by Crippen LogP contribution is 2.28. The van der Waals surface area contributed by atoms with Gasteiger partial charge in [0.1, 0.15) is 11.5 Å². The average molecular weight is 293 g/mol. The van der Waals surface area contributed by atoms with Gasteiger partial charge >= 0.3 is 0 Å². The SMILES string of the molecule is Cc1cc(-c2nnc3n2CC(Cc2ccccc2)C3)n(C)n1. The number of rotatable bonds is 3. The van der Waals surface area contributed by atoms with Gasteiger partial charge in [-0.25, -0.2) is 0 Å². The molecule has 0 saturated carbocycles. The number of aromatic nitrogens is 5. The van der Waals surface area contributed by atoms with Crippen LogP contribution in [-0.2, 0) is 26.4 Å². The minimum Gasteiger partial charge on any atom is -0.309 e. The predicted molar refractivity (Wildman–Crippen MR) is 84.3 cm³/mol. The second-order valence-corrected chi connectivity index (χ2v) is 6.10. The van der Waals surface area contributed by atoms with Crippen LogP contribution in [0.2, 0.25) is 0 Å². The molecule has 0 N–H and O–H groups in total. The fraction of sp³-hybridized carbons (Fsp3) is 0.353. The summed E-state index contributed by atoms with van der Waals surface area (Å²) >= 11 is 0. The summed E-state index contributed by atoms with van der Waals surface area (Å²) in [4.78, 5) is 0. The molecule has 0 aliphatic carbocycles. The second-order valence-electron chi connectivity index (χ2n) is 6.10. The summed E-state index contributed by atoms with van der Waals surface area (Å²) in [5.74, 6) is 2.63. The smallest absolute Gasteiger partial charge is 0.182 e. The van der Waals surface area contributed by atoms with Crippen molar-refractivity contribution in [3.63, 3.8) is 0 Å². The van der Waals surface area contributed by atoms with E-state index in [1.807, 2.05) is 18.7 Å². The fourth-order valence-corrected chi connectivity index (χ4v) is 3.35. The Bertz CT molecular complexity index is 800. The first kappa shape index (κ1) is 13.2. The van der Waals surface area contributed by atoms with Crippen molar-refractivity contribution in [3.05, 3.63) is 53.5 Å². The van der Waals surface area contributed by atoms with Crippen LogP contribution in [0.3, 0.4) is 0 Å². The zero-order valence-electron chi connectivity index (χ0n) is 12.9. The summed E-state index contributed by atoms with van der Waals surface area (Å²) in [5, 5.41) is 13.2. The van der Waals surface area contributed by atoms with Crippen LogP contribution in [0.15, 0.2) is 36.4 Å². The highest BCUT2D eigenvalue weighted by Gasteiger charge is 2.27. The monoisotopic (exact) mass is 293 g/mol. The number of hydrogen-bond donors (Lipinski definition) is 0. The quantitative estimate of drug-likeness (QED) is 0.745. The average Bonchev–Trinajstić information content (AvgIpc) is 3.14. The maximum atomic E-state index is 4.41. The van der Waals surface area contributed by atoms with Gasteiger partial charge in [-0.1, -0.05) is 30.3 Å². The first-order chi connectivity index (χ1) is 10.7. The third-order valence-corrected chi connectivity index (χ3v) is 4.34. The van der Waals surface area contributed by atoms with Gasteiger partial charge in [0, 0.05) is 20.0 Å². The van der Waals surface area contributed by atoms with E-state index in [0.717, 1.165) is 42.4 Å². The van der Waals surface area contributed by atoms with E-state index in [0.29, 0.717) is 5.92 Å². The molecule has 3 aromatic rings. The van der Waals surface area contributed by atoms with Gasteiger partial charge in [0.05, 0.1) is 5.69 Å². The van der Waals surface area contributed by atoms with Gasteiger partial charge in [0.25, 0.3) is 0 Å². The topological polar surface area (TPSA) is 48.5 Å². The third-order valence-electron chi connectivity index (χ3n) is 4.34. The summed E-state index contributed by atoms with van der Waals surface area (Å²) in [5.41, 5.74) is 3.44. The molecule has 0 amide bonds. The molecule has 0 spiro atoms. The van der Waals surface area contributed by atoms with Crippen molar-refractivity contribution >= 4 is 0 Å². The predicted octanol–water partition coefficient (Wildman–Crippen LogP) is 2.40. The molecule has 1 aliphatic rings. The highest BCUT2D eigenvalue weighted by atomic mass is 15.3. The van der Waals surface area contributed by atoms with Crippen molar-refractivity contribution in [1.29, 1.82) is 0 Å². The molecule has 5 heteroatoms. The number of fused-ring (bicyclic) bond motifs is 1. The molecule has 4 rings (SSSR count). The molecule has 3 heterocycles. The lowest BCUT2D eigenvalue weighted by molar-refractivity contribution is 0.507. The van der Waals surface area contributed by atoms with Crippen LogP contribution in [0.5, 0.6) is 0 Å². The van der Waals surface area contributed by atoms with E-state index in [1.165, 1.54) is 5.56 Å². The van der Waals surface area contributed by atoms with Crippen molar-refractivity contribution in [3.8, 4) is 11.5 Å². The molecule has 1 aliphatic heterocycles. The van der Waals surface area contributed by atoms with E-state index < -0.39 is 0 Å². The molecule has 112 valence electrons. The van der Waals surface area contributed by atoms with Crippen LogP contribution in [0, 0.1) is 12.8 Å². The minimum atomic E-state index is 0.598. The van der Waals surface area contributed by atoms with Gasteiger partial charge in [-0.3, -0.25) is 4.68 Å². The standard InChI is InChI=1S/C17H19N5/c1-12-8-15(21(2)20-12)17-19-18-16-10-14(11-22(16)17)9-13-6-4-3-5-7-13/h3-8,14H,9-11H2,1-2H3. The molecule has 1 unspecified atom stereocenters. The summed E-state index contributed by atoms with van der Waals surface area (Å²) in [6.45, 7) is 2.99. The van der Waals surface area contributed by atoms with Gasteiger partial charge in [0.2, 0.25) is 0 Å². The number of benzene rings is 1. The van der Waals surface area contributed by atoms with Crippen molar-refractivity contribution in [1.82, 2.24) is 24.5 Å². The number of nitrogens with zero attached hydrogens (tertiary/aromatic N) is 5.